The number of aliphatic hydroxyl groups is 1. The topological polar surface area (TPSA) is 50.7 Å². The van der Waals surface area contributed by atoms with E-state index in [2.05, 4.69) is 5.32 Å². The molecule has 0 aliphatic rings. The zero-order valence-electron chi connectivity index (χ0n) is 14.4. The van der Waals surface area contributed by atoms with Crippen molar-refractivity contribution in [3.05, 3.63) is 57.6 Å². The largest absolute Gasteiger partial charge is 0.493 e. The SMILES string of the molecule is CC[C@@H](CO)NCc1ccc(OCc2ccc(Cl)c(Cl)c2)c(OC)c1. The van der Waals surface area contributed by atoms with E-state index in [1.807, 2.05) is 31.2 Å². The molecule has 0 spiro atoms. The van der Waals surface area contributed by atoms with Crippen LogP contribution in [0.25, 0.3) is 0 Å². The number of hydrogen-bond donors (Lipinski definition) is 2. The molecule has 2 rings (SSSR count). The molecule has 2 aromatic carbocycles. The first kappa shape index (κ1) is 19.9. The number of ether oxygens (including phenoxy) is 2. The highest BCUT2D eigenvalue weighted by molar-refractivity contribution is 6.42. The monoisotopic (exact) mass is 383 g/mol. The fraction of sp³-hybridized carbons (Fsp3) is 0.368. The van der Waals surface area contributed by atoms with Gasteiger partial charge in [-0.05, 0) is 41.8 Å². The second-order valence-electron chi connectivity index (χ2n) is 5.69. The Bertz CT molecular complexity index is 690. The van der Waals surface area contributed by atoms with Gasteiger partial charge in [0.1, 0.15) is 6.61 Å². The van der Waals surface area contributed by atoms with Gasteiger partial charge in [0.15, 0.2) is 11.5 Å². The van der Waals surface area contributed by atoms with Gasteiger partial charge in [0, 0.05) is 12.6 Å². The van der Waals surface area contributed by atoms with Crippen LogP contribution in [0.2, 0.25) is 10.0 Å². The number of aliphatic hydroxyl groups excluding tert-OH is 1. The van der Waals surface area contributed by atoms with E-state index in [9.17, 15) is 5.11 Å². The van der Waals surface area contributed by atoms with E-state index >= 15 is 0 Å². The van der Waals surface area contributed by atoms with Crippen LogP contribution in [0.4, 0.5) is 0 Å². The molecular formula is C19H23Cl2NO3. The molecule has 4 nitrogen and oxygen atoms in total. The fourth-order valence-corrected chi connectivity index (χ4v) is 2.65. The van der Waals surface area contributed by atoms with Crippen LogP contribution in [-0.4, -0.2) is 24.9 Å². The zero-order valence-corrected chi connectivity index (χ0v) is 15.9. The molecule has 0 radical (unpaired) electrons. The van der Waals surface area contributed by atoms with Gasteiger partial charge in [0.05, 0.1) is 23.8 Å². The molecule has 0 amide bonds. The smallest absolute Gasteiger partial charge is 0.161 e. The van der Waals surface area contributed by atoms with Crippen LogP contribution in [0.3, 0.4) is 0 Å². The van der Waals surface area contributed by atoms with Crippen LogP contribution in [0.1, 0.15) is 24.5 Å². The lowest BCUT2D eigenvalue weighted by molar-refractivity contribution is 0.238. The highest BCUT2D eigenvalue weighted by Crippen LogP contribution is 2.30. The van der Waals surface area contributed by atoms with E-state index in [0.29, 0.717) is 34.7 Å². The number of halogens is 2. The third kappa shape index (κ3) is 5.79. The zero-order chi connectivity index (χ0) is 18.2. The first-order valence-electron chi connectivity index (χ1n) is 8.15. The third-order valence-corrected chi connectivity index (χ3v) is 4.65. The van der Waals surface area contributed by atoms with Gasteiger partial charge in [-0.2, -0.15) is 0 Å². The lowest BCUT2D eigenvalue weighted by Gasteiger charge is -2.16. The van der Waals surface area contributed by atoms with E-state index in [4.69, 9.17) is 32.7 Å². The molecule has 2 aromatic rings. The summed E-state index contributed by atoms with van der Waals surface area (Å²) in [6, 6.07) is 11.3. The Morgan fingerprint density at radius 1 is 1.04 bits per heavy atom. The molecule has 0 unspecified atom stereocenters. The van der Waals surface area contributed by atoms with Crippen molar-refractivity contribution in [2.45, 2.75) is 32.5 Å². The van der Waals surface area contributed by atoms with Crippen LogP contribution in [0.15, 0.2) is 36.4 Å². The third-order valence-electron chi connectivity index (χ3n) is 3.91. The second-order valence-corrected chi connectivity index (χ2v) is 6.51. The van der Waals surface area contributed by atoms with Gasteiger partial charge in [0.25, 0.3) is 0 Å². The lowest BCUT2D eigenvalue weighted by Crippen LogP contribution is -2.31. The number of rotatable bonds is 9. The Kier molecular flexibility index (Phi) is 7.85. The van der Waals surface area contributed by atoms with E-state index < -0.39 is 0 Å². The quantitative estimate of drug-likeness (QED) is 0.671. The molecule has 136 valence electrons. The summed E-state index contributed by atoms with van der Waals surface area (Å²) in [5, 5.41) is 13.6. The average Bonchev–Trinajstić information content (AvgIpc) is 2.64. The van der Waals surface area contributed by atoms with E-state index in [0.717, 1.165) is 17.5 Å². The fourth-order valence-electron chi connectivity index (χ4n) is 2.33. The van der Waals surface area contributed by atoms with Gasteiger partial charge >= 0.3 is 0 Å². The molecule has 0 fully saturated rings. The summed E-state index contributed by atoms with van der Waals surface area (Å²) in [7, 11) is 1.61. The van der Waals surface area contributed by atoms with Crippen molar-refractivity contribution in [1.82, 2.24) is 5.32 Å². The van der Waals surface area contributed by atoms with Crippen molar-refractivity contribution in [2.75, 3.05) is 13.7 Å². The molecule has 0 saturated heterocycles. The van der Waals surface area contributed by atoms with E-state index in [1.54, 1.807) is 19.2 Å². The van der Waals surface area contributed by atoms with Crippen molar-refractivity contribution >= 4 is 23.2 Å². The minimum Gasteiger partial charge on any atom is -0.493 e. The highest BCUT2D eigenvalue weighted by atomic mass is 35.5. The van der Waals surface area contributed by atoms with Crippen molar-refractivity contribution in [2.24, 2.45) is 0 Å². The van der Waals surface area contributed by atoms with Gasteiger partial charge in [-0.3, -0.25) is 0 Å². The Balaban J connectivity index is 2.01. The molecule has 25 heavy (non-hydrogen) atoms. The summed E-state index contributed by atoms with van der Waals surface area (Å²) in [5.41, 5.74) is 1.99. The predicted molar refractivity (Wildman–Crippen MR) is 102 cm³/mol. The van der Waals surface area contributed by atoms with Gasteiger partial charge in [0.2, 0.25) is 0 Å². The van der Waals surface area contributed by atoms with Crippen LogP contribution < -0.4 is 14.8 Å². The van der Waals surface area contributed by atoms with Gasteiger partial charge in [-0.15, -0.1) is 0 Å². The molecule has 0 aliphatic carbocycles. The minimum atomic E-state index is 0.0941. The molecule has 0 aliphatic heterocycles. The summed E-state index contributed by atoms with van der Waals surface area (Å²) >= 11 is 11.9. The van der Waals surface area contributed by atoms with Crippen LogP contribution in [0, 0.1) is 0 Å². The van der Waals surface area contributed by atoms with E-state index in [-0.39, 0.29) is 12.6 Å². The van der Waals surface area contributed by atoms with Gasteiger partial charge in [-0.1, -0.05) is 42.3 Å². The summed E-state index contributed by atoms with van der Waals surface area (Å²) in [4.78, 5) is 0. The van der Waals surface area contributed by atoms with E-state index in [1.165, 1.54) is 0 Å². The van der Waals surface area contributed by atoms with Crippen molar-refractivity contribution < 1.29 is 14.6 Å². The average molecular weight is 384 g/mol. The lowest BCUT2D eigenvalue weighted by atomic mass is 10.1. The Morgan fingerprint density at radius 2 is 1.80 bits per heavy atom. The van der Waals surface area contributed by atoms with Crippen molar-refractivity contribution in [3.63, 3.8) is 0 Å². The Hall–Kier alpha value is -1.46. The molecule has 0 saturated carbocycles. The number of benzene rings is 2. The predicted octanol–water partition coefficient (Wildman–Crippen LogP) is 4.44. The molecule has 6 heteroatoms. The summed E-state index contributed by atoms with van der Waals surface area (Å²) in [6.45, 7) is 3.18. The minimum absolute atomic E-state index is 0.0941. The normalized spacial score (nSPS) is 12.0. The maximum Gasteiger partial charge on any atom is 0.161 e. The Labute approximate surface area is 158 Å². The van der Waals surface area contributed by atoms with Crippen LogP contribution in [-0.2, 0) is 13.2 Å². The molecule has 2 N–H and O–H groups in total. The number of nitrogens with one attached hydrogen (secondary N) is 1. The maximum absolute atomic E-state index is 9.24. The Morgan fingerprint density at radius 3 is 2.44 bits per heavy atom. The molecule has 0 aromatic heterocycles. The van der Waals surface area contributed by atoms with Gasteiger partial charge in [-0.25, -0.2) is 0 Å². The number of hydrogen-bond acceptors (Lipinski definition) is 4. The molecule has 0 heterocycles. The summed E-state index contributed by atoms with van der Waals surface area (Å²) < 4.78 is 11.3. The van der Waals surface area contributed by atoms with Crippen LogP contribution in [0.5, 0.6) is 11.5 Å². The summed E-state index contributed by atoms with van der Waals surface area (Å²) in [5.74, 6) is 1.32. The molecule has 0 bridgehead atoms. The van der Waals surface area contributed by atoms with Crippen molar-refractivity contribution in [3.8, 4) is 11.5 Å². The second kappa shape index (κ2) is 9.88. The first-order chi connectivity index (χ1) is 12.1. The summed E-state index contributed by atoms with van der Waals surface area (Å²) in [6.07, 6.45) is 0.873. The van der Waals surface area contributed by atoms with Crippen molar-refractivity contribution in [1.29, 1.82) is 0 Å². The molecule has 1 atom stereocenters. The van der Waals surface area contributed by atoms with Crippen LogP contribution >= 0.6 is 23.2 Å². The highest BCUT2D eigenvalue weighted by Gasteiger charge is 2.09. The van der Waals surface area contributed by atoms with Gasteiger partial charge < -0.3 is 19.9 Å². The number of methoxy groups -OCH3 is 1. The first-order valence-corrected chi connectivity index (χ1v) is 8.90. The molecular weight excluding hydrogens is 361 g/mol. The maximum atomic E-state index is 9.24. The standard InChI is InChI=1S/C19H23Cl2NO3/c1-3-15(11-23)22-10-13-5-7-18(19(9-13)24-2)25-12-14-4-6-16(20)17(21)8-14/h4-9,15,22-23H,3,10-12H2,1-2H3/t15-/m0/s1.